The lowest BCUT2D eigenvalue weighted by atomic mass is 9.49. The molecule has 4 saturated carbocycles. The standard InChI is InChI=1S/C11H14Br2O2/c12-8-5-1-6-3-11(2-5,10(14)15)4-7(8)9(6)13/h5-9H,1-4H2,(H,14,15). The largest absolute Gasteiger partial charge is 0.481 e. The summed E-state index contributed by atoms with van der Waals surface area (Å²) in [7, 11) is 0. The summed E-state index contributed by atoms with van der Waals surface area (Å²) in [4.78, 5) is 12.5. The minimum Gasteiger partial charge on any atom is -0.481 e. The van der Waals surface area contributed by atoms with E-state index in [1.165, 1.54) is 6.42 Å². The van der Waals surface area contributed by atoms with Gasteiger partial charge in [0.15, 0.2) is 0 Å². The van der Waals surface area contributed by atoms with Gasteiger partial charge in [-0.15, -0.1) is 0 Å². The van der Waals surface area contributed by atoms with Crippen molar-refractivity contribution in [2.75, 3.05) is 0 Å². The Balaban J connectivity index is 1.98. The van der Waals surface area contributed by atoms with Gasteiger partial charge in [0.25, 0.3) is 0 Å². The molecule has 4 fully saturated rings. The molecule has 4 aliphatic rings. The highest BCUT2D eigenvalue weighted by atomic mass is 79.9. The van der Waals surface area contributed by atoms with Crippen LogP contribution in [0.4, 0.5) is 0 Å². The monoisotopic (exact) mass is 336 g/mol. The van der Waals surface area contributed by atoms with Crippen molar-refractivity contribution in [1.82, 2.24) is 0 Å². The summed E-state index contributed by atoms with van der Waals surface area (Å²) in [5, 5.41) is 9.42. The van der Waals surface area contributed by atoms with E-state index in [1.807, 2.05) is 0 Å². The molecule has 0 aliphatic heterocycles. The summed E-state index contributed by atoms with van der Waals surface area (Å²) in [6.45, 7) is 0. The van der Waals surface area contributed by atoms with Crippen molar-refractivity contribution in [3.63, 3.8) is 0 Å². The lowest BCUT2D eigenvalue weighted by Crippen LogP contribution is -2.59. The van der Waals surface area contributed by atoms with Crippen molar-refractivity contribution >= 4 is 37.8 Å². The molecule has 15 heavy (non-hydrogen) atoms. The fraction of sp³-hybridized carbons (Fsp3) is 0.909. The van der Waals surface area contributed by atoms with E-state index in [4.69, 9.17) is 0 Å². The van der Waals surface area contributed by atoms with Crippen LogP contribution in [0.15, 0.2) is 0 Å². The highest BCUT2D eigenvalue weighted by Crippen LogP contribution is 2.63. The molecule has 84 valence electrons. The molecule has 0 aromatic carbocycles. The maximum Gasteiger partial charge on any atom is 0.309 e. The highest BCUT2D eigenvalue weighted by Gasteiger charge is 2.61. The Morgan fingerprint density at radius 3 is 2.13 bits per heavy atom. The molecule has 4 heteroatoms. The molecule has 0 spiro atoms. The van der Waals surface area contributed by atoms with Crippen molar-refractivity contribution in [2.45, 2.75) is 35.3 Å². The quantitative estimate of drug-likeness (QED) is 0.747. The van der Waals surface area contributed by atoms with E-state index in [-0.39, 0.29) is 5.41 Å². The molecule has 0 aromatic heterocycles. The van der Waals surface area contributed by atoms with Gasteiger partial charge in [-0.1, -0.05) is 31.9 Å². The fourth-order valence-electron chi connectivity index (χ4n) is 4.11. The number of carboxylic acid groups (broad SMARTS) is 1. The van der Waals surface area contributed by atoms with E-state index in [2.05, 4.69) is 31.9 Å². The van der Waals surface area contributed by atoms with E-state index >= 15 is 0 Å². The van der Waals surface area contributed by atoms with Gasteiger partial charge in [0.1, 0.15) is 0 Å². The normalized spacial score (nSPS) is 57.1. The zero-order valence-corrected chi connectivity index (χ0v) is 11.5. The molecule has 0 aromatic rings. The first-order chi connectivity index (χ1) is 7.03. The third-order valence-electron chi connectivity index (χ3n) is 4.71. The second kappa shape index (κ2) is 3.22. The first-order valence-electron chi connectivity index (χ1n) is 5.55. The van der Waals surface area contributed by atoms with Gasteiger partial charge in [-0.2, -0.15) is 0 Å². The van der Waals surface area contributed by atoms with Gasteiger partial charge in [-0.05, 0) is 43.4 Å². The number of halogens is 2. The molecule has 0 heterocycles. The second-order valence-electron chi connectivity index (χ2n) is 5.51. The summed E-state index contributed by atoms with van der Waals surface area (Å²) < 4.78 is 0. The average molecular weight is 338 g/mol. The van der Waals surface area contributed by atoms with Crippen molar-refractivity contribution in [3.8, 4) is 0 Å². The van der Waals surface area contributed by atoms with Crippen LogP contribution in [0.25, 0.3) is 0 Å². The first kappa shape index (κ1) is 10.6. The molecule has 4 aliphatic carbocycles. The fourth-order valence-corrected chi connectivity index (χ4v) is 6.35. The lowest BCUT2D eigenvalue weighted by Gasteiger charge is -2.59. The molecule has 2 nitrogen and oxygen atoms in total. The van der Waals surface area contributed by atoms with Gasteiger partial charge in [0.05, 0.1) is 5.41 Å². The van der Waals surface area contributed by atoms with Gasteiger partial charge in [0.2, 0.25) is 0 Å². The molecular weight excluding hydrogens is 324 g/mol. The molecule has 0 radical (unpaired) electrons. The summed E-state index contributed by atoms with van der Waals surface area (Å²) in [6.07, 6.45) is 3.86. The molecule has 1 N–H and O–H groups in total. The van der Waals surface area contributed by atoms with Crippen LogP contribution in [0.2, 0.25) is 0 Å². The second-order valence-corrected chi connectivity index (χ2v) is 7.62. The molecule has 0 saturated heterocycles. The van der Waals surface area contributed by atoms with Crippen LogP contribution < -0.4 is 0 Å². The number of hydrogen-bond donors (Lipinski definition) is 1. The van der Waals surface area contributed by atoms with Crippen LogP contribution in [0.1, 0.15) is 25.7 Å². The smallest absolute Gasteiger partial charge is 0.309 e. The summed E-state index contributed by atoms with van der Waals surface area (Å²) in [6, 6.07) is 0. The predicted molar refractivity (Wildman–Crippen MR) is 64.4 cm³/mol. The van der Waals surface area contributed by atoms with Crippen LogP contribution in [-0.2, 0) is 4.79 Å². The molecule has 4 unspecified atom stereocenters. The summed E-state index contributed by atoms with van der Waals surface area (Å²) >= 11 is 7.54. The minimum absolute atomic E-state index is 0.382. The van der Waals surface area contributed by atoms with Gasteiger partial charge in [-0.25, -0.2) is 0 Å². The van der Waals surface area contributed by atoms with E-state index in [9.17, 15) is 9.90 Å². The summed E-state index contributed by atoms with van der Waals surface area (Å²) in [5.74, 6) is 1.15. The maximum absolute atomic E-state index is 11.4. The van der Waals surface area contributed by atoms with Crippen LogP contribution in [0.5, 0.6) is 0 Å². The number of carboxylic acids is 1. The predicted octanol–water partition coefficient (Wildman–Crippen LogP) is 3.03. The molecule has 4 atom stereocenters. The van der Waals surface area contributed by atoms with Gasteiger partial charge >= 0.3 is 5.97 Å². The Bertz CT molecular complexity index is 300. The van der Waals surface area contributed by atoms with Crippen molar-refractivity contribution in [2.24, 2.45) is 23.2 Å². The van der Waals surface area contributed by atoms with E-state index in [0.717, 1.165) is 19.3 Å². The number of rotatable bonds is 1. The van der Waals surface area contributed by atoms with Crippen molar-refractivity contribution in [1.29, 1.82) is 0 Å². The Morgan fingerprint density at radius 2 is 1.67 bits per heavy atom. The minimum atomic E-state index is -0.555. The summed E-state index contributed by atoms with van der Waals surface area (Å²) in [5.41, 5.74) is -0.382. The number of alkyl halides is 2. The SMILES string of the molecule is O=C(O)C12CC3CC(C1)C(Br)C(C2)C3Br. The van der Waals surface area contributed by atoms with Crippen LogP contribution in [0, 0.1) is 23.2 Å². The number of aliphatic carboxylic acids is 1. The van der Waals surface area contributed by atoms with Crippen LogP contribution >= 0.6 is 31.9 Å². The first-order valence-corrected chi connectivity index (χ1v) is 7.38. The Labute approximate surface area is 106 Å². The average Bonchev–Trinajstić information content (AvgIpc) is 2.20. The Morgan fingerprint density at radius 1 is 1.13 bits per heavy atom. The molecular formula is C11H14Br2O2. The number of hydrogen-bond acceptors (Lipinski definition) is 1. The van der Waals surface area contributed by atoms with Crippen molar-refractivity contribution in [3.05, 3.63) is 0 Å². The van der Waals surface area contributed by atoms with Gasteiger partial charge < -0.3 is 5.11 Å². The Kier molecular flexibility index (Phi) is 2.27. The van der Waals surface area contributed by atoms with E-state index in [0.29, 0.717) is 27.4 Å². The van der Waals surface area contributed by atoms with Gasteiger partial charge in [-0.3, -0.25) is 4.79 Å². The molecule has 4 bridgehead atoms. The molecule has 4 rings (SSSR count). The third-order valence-corrected chi connectivity index (χ3v) is 7.56. The van der Waals surface area contributed by atoms with Crippen LogP contribution in [-0.4, -0.2) is 20.7 Å². The zero-order valence-electron chi connectivity index (χ0n) is 8.33. The third kappa shape index (κ3) is 1.30. The maximum atomic E-state index is 11.4. The van der Waals surface area contributed by atoms with Crippen molar-refractivity contribution < 1.29 is 9.90 Å². The van der Waals surface area contributed by atoms with Gasteiger partial charge in [0, 0.05) is 9.65 Å². The number of carbonyl (C=O) groups is 1. The van der Waals surface area contributed by atoms with E-state index in [1.54, 1.807) is 0 Å². The highest BCUT2D eigenvalue weighted by molar-refractivity contribution is 9.10. The molecule has 0 amide bonds. The Hall–Kier alpha value is 0.430. The topological polar surface area (TPSA) is 37.3 Å². The van der Waals surface area contributed by atoms with E-state index < -0.39 is 5.97 Å². The lowest BCUT2D eigenvalue weighted by molar-refractivity contribution is -0.162. The zero-order chi connectivity index (χ0) is 10.8. The van der Waals surface area contributed by atoms with Crippen LogP contribution in [0.3, 0.4) is 0 Å².